The second-order valence-corrected chi connectivity index (χ2v) is 10.4. The molecule has 190 valence electrons. The molecular formula is C29H40N2O4. The monoisotopic (exact) mass is 480 g/mol. The standard InChI is InChI=1S/C29H40N2O4/c1-7-24(30(19-22-15-11-9-12-16-22)20-23-17-13-10-14-18-23)26(25(32)8-2)35-27(33)31-28(3,4)21-34-29(31,5)6/h9-18,24,26H,7-8,19-21H2,1-6H3/t24-,26+/m1/s1. The van der Waals surface area contributed by atoms with Crippen molar-refractivity contribution in [2.45, 2.75) is 90.9 Å². The fraction of sp³-hybridized carbons (Fsp3) is 0.517. The van der Waals surface area contributed by atoms with E-state index >= 15 is 0 Å². The summed E-state index contributed by atoms with van der Waals surface area (Å²) in [6.07, 6.45) is -0.436. The zero-order chi connectivity index (χ0) is 25.6. The average molecular weight is 481 g/mol. The molecule has 0 aliphatic carbocycles. The van der Waals surface area contributed by atoms with Crippen molar-refractivity contribution < 1.29 is 19.1 Å². The highest BCUT2D eigenvalue weighted by molar-refractivity contribution is 5.86. The van der Waals surface area contributed by atoms with Crippen LogP contribution in [0.15, 0.2) is 60.7 Å². The predicted molar refractivity (Wildman–Crippen MR) is 138 cm³/mol. The predicted octanol–water partition coefficient (Wildman–Crippen LogP) is 5.80. The minimum atomic E-state index is -0.878. The molecule has 2 atom stereocenters. The normalized spacial score (nSPS) is 18.3. The van der Waals surface area contributed by atoms with E-state index in [4.69, 9.17) is 9.47 Å². The Balaban J connectivity index is 1.93. The molecule has 3 rings (SSSR count). The molecule has 2 aromatic rings. The lowest BCUT2D eigenvalue weighted by Gasteiger charge is -2.40. The summed E-state index contributed by atoms with van der Waals surface area (Å²) in [6, 6.07) is 20.1. The Morgan fingerprint density at radius 3 is 1.86 bits per heavy atom. The number of Topliss-reactive ketones (excluding diaryl/α,β-unsaturated/α-hetero) is 1. The van der Waals surface area contributed by atoms with Gasteiger partial charge in [-0.1, -0.05) is 74.5 Å². The van der Waals surface area contributed by atoms with Crippen LogP contribution in [0.4, 0.5) is 4.79 Å². The van der Waals surface area contributed by atoms with Crippen LogP contribution in [0.25, 0.3) is 0 Å². The second kappa shape index (κ2) is 11.4. The van der Waals surface area contributed by atoms with Crippen LogP contribution in [0.3, 0.4) is 0 Å². The molecule has 1 heterocycles. The molecule has 2 aromatic carbocycles. The van der Waals surface area contributed by atoms with Crippen molar-refractivity contribution in [1.82, 2.24) is 9.80 Å². The number of ketones is 1. The first-order valence-corrected chi connectivity index (χ1v) is 12.6. The van der Waals surface area contributed by atoms with E-state index in [1.807, 2.05) is 77.9 Å². The topological polar surface area (TPSA) is 59.1 Å². The lowest BCUT2D eigenvalue weighted by Crippen LogP contribution is -2.56. The molecule has 1 aliphatic rings. The number of carbonyl (C=O) groups excluding carboxylic acids is 2. The van der Waals surface area contributed by atoms with Crippen molar-refractivity contribution in [1.29, 1.82) is 0 Å². The van der Waals surface area contributed by atoms with E-state index in [1.54, 1.807) is 4.90 Å². The van der Waals surface area contributed by atoms with Crippen LogP contribution in [-0.2, 0) is 27.4 Å². The van der Waals surface area contributed by atoms with Gasteiger partial charge in [0.25, 0.3) is 0 Å². The molecule has 1 fully saturated rings. The molecule has 1 amide bonds. The summed E-state index contributed by atoms with van der Waals surface area (Å²) in [6.45, 7) is 13.2. The molecule has 0 N–H and O–H groups in total. The van der Waals surface area contributed by atoms with Crippen LogP contribution in [-0.4, -0.2) is 51.7 Å². The third-order valence-electron chi connectivity index (χ3n) is 6.69. The Morgan fingerprint density at radius 1 is 0.943 bits per heavy atom. The van der Waals surface area contributed by atoms with E-state index in [0.717, 1.165) is 11.1 Å². The van der Waals surface area contributed by atoms with Gasteiger partial charge in [-0.2, -0.15) is 0 Å². The van der Waals surface area contributed by atoms with E-state index in [-0.39, 0.29) is 11.8 Å². The number of carbonyl (C=O) groups is 2. The van der Waals surface area contributed by atoms with Crippen molar-refractivity contribution in [2.24, 2.45) is 0 Å². The van der Waals surface area contributed by atoms with Crippen LogP contribution in [0.5, 0.6) is 0 Å². The highest BCUT2D eigenvalue weighted by Crippen LogP contribution is 2.35. The Bertz CT molecular complexity index is 917. The molecular weight excluding hydrogens is 440 g/mol. The molecule has 35 heavy (non-hydrogen) atoms. The molecule has 1 aliphatic heterocycles. The molecule has 0 bridgehead atoms. The van der Waals surface area contributed by atoms with Gasteiger partial charge in [0.1, 0.15) is 5.72 Å². The molecule has 1 saturated heterocycles. The van der Waals surface area contributed by atoms with Crippen LogP contribution in [0.2, 0.25) is 0 Å². The number of amides is 1. The summed E-state index contributed by atoms with van der Waals surface area (Å²) < 4.78 is 12.0. The summed E-state index contributed by atoms with van der Waals surface area (Å²) in [5.41, 5.74) is 0.948. The SMILES string of the molecule is CCC(=O)[C@@H](OC(=O)N1C(C)(C)COC1(C)C)[C@@H](CC)N(Cc1ccccc1)Cc1ccccc1. The smallest absolute Gasteiger partial charge is 0.413 e. The molecule has 6 nitrogen and oxygen atoms in total. The lowest BCUT2D eigenvalue weighted by molar-refractivity contribution is -0.134. The third-order valence-corrected chi connectivity index (χ3v) is 6.69. The Labute approximate surface area is 210 Å². The summed E-state index contributed by atoms with van der Waals surface area (Å²) in [5.74, 6) is -0.0768. The highest BCUT2D eigenvalue weighted by Gasteiger charge is 2.51. The molecule has 0 aromatic heterocycles. The quantitative estimate of drug-likeness (QED) is 0.430. The van der Waals surface area contributed by atoms with Gasteiger partial charge in [0.05, 0.1) is 18.2 Å². The second-order valence-electron chi connectivity index (χ2n) is 10.4. The Kier molecular flexibility index (Phi) is 8.73. The van der Waals surface area contributed by atoms with Gasteiger partial charge in [-0.3, -0.25) is 14.6 Å². The first kappa shape index (κ1) is 26.9. The molecule has 0 unspecified atom stereocenters. The summed E-state index contributed by atoms with van der Waals surface area (Å²) >= 11 is 0. The van der Waals surface area contributed by atoms with Crippen LogP contribution < -0.4 is 0 Å². The molecule has 0 radical (unpaired) electrons. The van der Waals surface area contributed by atoms with Gasteiger partial charge in [-0.25, -0.2) is 4.79 Å². The van der Waals surface area contributed by atoms with E-state index in [0.29, 0.717) is 32.5 Å². The summed E-state index contributed by atoms with van der Waals surface area (Å²) in [7, 11) is 0. The van der Waals surface area contributed by atoms with Gasteiger partial charge in [0, 0.05) is 19.5 Å². The van der Waals surface area contributed by atoms with Crippen molar-refractivity contribution in [3.63, 3.8) is 0 Å². The lowest BCUT2D eigenvalue weighted by atomic mass is 9.98. The molecule has 0 saturated carbocycles. The van der Waals surface area contributed by atoms with Crippen molar-refractivity contribution in [3.05, 3.63) is 71.8 Å². The average Bonchev–Trinajstić information content (AvgIpc) is 3.06. The number of hydrogen-bond donors (Lipinski definition) is 0. The Morgan fingerprint density at radius 2 is 1.46 bits per heavy atom. The van der Waals surface area contributed by atoms with Gasteiger partial charge < -0.3 is 9.47 Å². The Hall–Kier alpha value is -2.70. The summed E-state index contributed by atoms with van der Waals surface area (Å²) in [4.78, 5) is 30.6. The number of rotatable bonds is 10. The third kappa shape index (κ3) is 6.50. The van der Waals surface area contributed by atoms with E-state index in [1.165, 1.54) is 0 Å². The number of benzene rings is 2. The van der Waals surface area contributed by atoms with Gasteiger partial charge in [-0.15, -0.1) is 0 Å². The fourth-order valence-corrected chi connectivity index (χ4v) is 4.99. The number of hydrogen-bond acceptors (Lipinski definition) is 5. The maximum Gasteiger partial charge on any atom is 0.413 e. The summed E-state index contributed by atoms with van der Waals surface area (Å²) in [5, 5.41) is 0. The molecule has 0 spiro atoms. The fourth-order valence-electron chi connectivity index (χ4n) is 4.99. The maximum atomic E-state index is 13.5. The van der Waals surface area contributed by atoms with E-state index in [2.05, 4.69) is 29.2 Å². The van der Waals surface area contributed by atoms with Gasteiger partial charge in [0.2, 0.25) is 0 Å². The van der Waals surface area contributed by atoms with Gasteiger partial charge >= 0.3 is 6.09 Å². The highest BCUT2D eigenvalue weighted by atomic mass is 16.6. The van der Waals surface area contributed by atoms with Crippen LogP contribution in [0, 0.1) is 0 Å². The van der Waals surface area contributed by atoms with Crippen molar-refractivity contribution in [3.8, 4) is 0 Å². The zero-order valence-electron chi connectivity index (χ0n) is 22.0. The minimum Gasteiger partial charge on any atom is -0.436 e. The molecule has 6 heteroatoms. The minimum absolute atomic E-state index is 0.0768. The van der Waals surface area contributed by atoms with E-state index in [9.17, 15) is 9.59 Å². The van der Waals surface area contributed by atoms with Crippen molar-refractivity contribution >= 4 is 11.9 Å². The van der Waals surface area contributed by atoms with Crippen LogP contribution >= 0.6 is 0 Å². The zero-order valence-corrected chi connectivity index (χ0v) is 22.0. The largest absolute Gasteiger partial charge is 0.436 e. The first-order valence-electron chi connectivity index (χ1n) is 12.6. The number of nitrogens with zero attached hydrogens (tertiary/aromatic N) is 2. The van der Waals surface area contributed by atoms with Gasteiger partial charge in [-0.05, 0) is 45.2 Å². The maximum absolute atomic E-state index is 13.5. The first-order chi connectivity index (χ1) is 16.6. The van der Waals surface area contributed by atoms with Crippen LogP contribution in [0.1, 0.15) is 65.5 Å². The van der Waals surface area contributed by atoms with Gasteiger partial charge in [0.15, 0.2) is 11.9 Å². The number of ether oxygens (including phenoxy) is 2. The van der Waals surface area contributed by atoms with E-state index < -0.39 is 23.5 Å². The van der Waals surface area contributed by atoms with Crippen molar-refractivity contribution in [2.75, 3.05) is 6.61 Å².